The van der Waals surface area contributed by atoms with E-state index in [1.54, 1.807) is 6.07 Å². The summed E-state index contributed by atoms with van der Waals surface area (Å²) in [7, 11) is 0. The fraction of sp³-hybridized carbons (Fsp3) is 0.143. The highest BCUT2D eigenvalue weighted by Crippen LogP contribution is 2.28. The van der Waals surface area contributed by atoms with E-state index in [9.17, 15) is 0 Å². The van der Waals surface area contributed by atoms with Gasteiger partial charge in [-0.1, -0.05) is 15.9 Å². The molecule has 98 valence electrons. The Hall–Kier alpha value is -1.88. The van der Waals surface area contributed by atoms with Crippen molar-refractivity contribution in [1.29, 1.82) is 5.41 Å². The first-order valence-electron chi connectivity index (χ1n) is 5.73. The molecule has 4 nitrogen and oxygen atoms in total. The zero-order chi connectivity index (χ0) is 14.0. The van der Waals surface area contributed by atoms with E-state index in [1.165, 1.54) is 0 Å². The Kier molecular flexibility index (Phi) is 3.85. The molecule has 19 heavy (non-hydrogen) atoms. The van der Waals surface area contributed by atoms with Gasteiger partial charge in [0.25, 0.3) is 0 Å². The van der Waals surface area contributed by atoms with Gasteiger partial charge in [0.1, 0.15) is 17.3 Å². The van der Waals surface area contributed by atoms with Gasteiger partial charge >= 0.3 is 0 Å². The van der Waals surface area contributed by atoms with Gasteiger partial charge in [-0.25, -0.2) is 0 Å². The molecule has 0 spiro atoms. The van der Waals surface area contributed by atoms with E-state index in [0.717, 1.165) is 10.2 Å². The largest absolute Gasteiger partial charge is 0.456 e. The number of hydrogen-bond acceptors (Lipinski definition) is 3. The van der Waals surface area contributed by atoms with Crippen molar-refractivity contribution in [2.75, 3.05) is 0 Å². The minimum Gasteiger partial charge on any atom is -0.456 e. The van der Waals surface area contributed by atoms with E-state index in [1.807, 2.05) is 38.1 Å². The molecule has 0 amide bonds. The molecular weight excluding hydrogens is 306 g/mol. The Bertz CT molecular complexity index is 623. The molecule has 0 fully saturated rings. The van der Waals surface area contributed by atoms with E-state index < -0.39 is 0 Å². The number of nitrogens with two attached hydrogens (primary N) is 1. The van der Waals surface area contributed by atoms with Crippen molar-refractivity contribution in [1.82, 2.24) is 4.98 Å². The second-order valence-electron chi connectivity index (χ2n) is 4.19. The topological polar surface area (TPSA) is 72.0 Å². The smallest absolute Gasteiger partial charge is 0.141 e. The predicted octanol–water partition coefficient (Wildman–Crippen LogP) is 3.54. The van der Waals surface area contributed by atoms with Crippen LogP contribution >= 0.6 is 15.9 Å². The lowest BCUT2D eigenvalue weighted by atomic mass is 10.1. The number of rotatable bonds is 3. The van der Waals surface area contributed by atoms with Crippen LogP contribution in [0.3, 0.4) is 0 Å². The molecule has 2 aromatic rings. The van der Waals surface area contributed by atoms with Crippen LogP contribution in [-0.4, -0.2) is 10.8 Å². The van der Waals surface area contributed by atoms with Crippen LogP contribution in [0.25, 0.3) is 0 Å². The molecule has 0 saturated carbocycles. The molecule has 5 heteroatoms. The SMILES string of the molecule is Cc1cc(Oc2ccc(Br)cc2)c(C(=N)N)c(C)n1. The lowest BCUT2D eigenvalue weighted by molar-refractivity contribution is 0.479. The van der Waals surface area contributed by atoms with Gasteiger partial charge in [-0.2, -0.15) is 0 Å². The third-order valence-electron chi connectivity index (χ3n) is 2.60. The van der Waals surface area contributed by atoms with Crippen LogP contribution < -0.4 is 10.5 Å². The summed E-state index contributed by atoms with van der Waals surface area (Å²) in [5.74, 6) is 1.20. The van der Waals surface area contributed by atoms with Crippen molar-refractivity contribution >= 4 is 21.8 Å². The quantitative estimate of drug-likeness (QED) is 0.671. The Balaban J connectivity index is 2.44. The minimum atomic E-state index is -0.0443. The van der Waals surface area contributed by atoms with Gasteiger partial charge in [-0.05, 0) is 38.1 Å². The lowest BCUT2D eigenvalue weighted by Crippen LogP contribution is -2.15. The summed E-state index contributed by atoms with van der Waals surface area (Å²) in [6.07, 6.45) is 0. The van der Waals surface area contributed by atoms with Gasteiger partial charge in [0.2, 0.25) is 0 Å². The van der Waals surface area contributed by atoms with Crippen LogP contribution in [0.4, 0.5) is 0 Å². The number of amidine groups is 1. The number of aryl methyl sites for hydroxylation is 2. The normalized spacial score (nSPS) is 10.3. The average Bonchev–Trinajstić information content (AvgIpc) is 2.30. The molecule has 2 rings (SSSR count). The van der Waals surface area contributed by atoms with Crippen molar-refractivity contribution in [3.05, 3.63) is 51.8 Å². The van der Waals surface area contributed by atoms with Crippen LogP contribution in [0.15, 0.2) is 34.8 Å². The van der Waals surface area contributed by atoms with E-state index >= 15 is 0 Å². The molecular formula is C14H14BrN3O. The van der Waals surface area contributed by atoms with E-state index in [4.69, 9.17) is 15.9 Å². The summed E-state index contributed by atoms with van der Waals surface area (Å²) < 4.78 is 6.79. The monoisotopic (exact) mass is 319 g/mol. The third-order valence-corrected chi connectivity index (χ3v) is 3.13. The molecule has 0 saturated heterocycles. The number of nitrogens with one attached hydrogen (secondary N) is 1. The van der Waals surface area contributed by atoms with E-state index in [-0.39, 0.29) is 5.84 Å². The molecule has 0 unspecified atom stereocenters. The first-order valence-corrected chi connectivity index (χ1v) is 6.52. The number of nitrogens with zero attached hydrogens (tertiary/aromatic N) is 1. The number of ether oxygens (including phenoxy) is 1. The van der Waals surface area contributed by atoms with E-state index in [0.29, 0.717) is 22.8 Å². The maximum atomic E-state index is 7.64. The highest BCUT2D eigenvalue weighted by molar-refractivity contribution is 9.10. The molecule has 1 aromatic heterocycles. The summed E-state index contributed by atoms with van der Waals surface area (Å²) in [5.41, 5.74) is 7.66. The van der Waals surface area contributed by atoms with Gasteiger partial charge in [-0.15, -0.1) is 0 Å². The van der Waals surface area contributed by atoms with Gasteiger partial charge in [0, 0.05) is 16.2 Å². The van der Waals surface area contributed by atoms with Crippen molar-refractivity contribution < 1.29 is 4.74 Å². The number of hydrogen-bond donors (Lipinski definition) is 2. The van der Waals surface area contributed by atoms with Gasteiger partial charge in [-0.3, -0.25) is 10.4 Å². The van der Waals surface area contributed by atoms with Crippen LogP contribution in [0, 0.1) is 19.3 Å². The molecule has 1 heterocycles. The van der Waals surface area contributed by atoms with Crippen molar-refractivity contribution in [3.63, 3.8) is 0 Å². The Morgan fingerprint density at radius 1 is 1.26 bits per heavy atom. The van der Waals surface area contributed by atoms with Crippen molar-refractivity contribution in [2.45, 2.75) is 13.8 Å². The first kappa shape index (κ1) is 13.5. The summed E-state index contributed by atoms with van der Waals surface area (Å²) in [4.78, 5) is 4.30. The fourth-order valence-corrected chi connectivity index (χ4v) is 2.09. The summed E-state index contributed by atoms with van der Waals surface area (Å²) in [5, 5.41) is 7.64. The molecule has 0 aliphatic rings. The molecule has 0 bridgehead atoms. The number of aromatic nitrogens is 1. The highest BCUT2D eigenvalue weighted by atomic mass is 79.9. The zero-order valence-electron chi connectivity index (χ0n) is 10.7. The first-order chi connectivity index (χ1) is 8.97. The summed E-state index contributed by atoms with van der Waals surface area (Å²) >= 11 is 3.37. The van der Waals surface area contributed by atoms with Crippen molar-refractivity contribution in [3.8, 4) is 11.5 Å². The van der Waals surface area contributed by atoms with Crippen LogP contribution in [0.1, 0.15) is 17.0 Å². The molecule has 0 atom stereocenters. The molecule has 1 aromatic carbocycles. The number of nitrogen functional groups attached to an aromatic ring is 1. The predicted molar refractivity (Wildman–Crippen MR) is 78.9 cm³/mol. The maximum Gasteiger partial charge on any atom is 0.141 e. The Labute approximate surface area is 120 Å². The number of pyridine rings is 1. The molecule has 0 aliphatic carbocycles. The van der Waals surface area contributed by atoms with E-state index in [2.05, 4.69) is 20.9 Å². The molecule has 0 aliphatic heterocycles. The second-order valence-corrected chi connectivity index (χ2v) is 5.11. The summed E-state index contributed by atoms with van der Waals surface area (Å²) in [6.45, 7) is 3.70. The molecule has 3 N–H and O–H groups in total. The van der Waals surface area contributed by atoms with Gasteiger partial charge in [0.05, 0.1) is 11.3 Å². The average molecular weight is 320 g/mol. The van der Waals surface area contributed by atoms with Gasteiger partial charge < -0.3 is 10.5 Å². The standard InChI is InChI=1S/C14H14BrN3O/c1-8-7-12(13(14(16)17)9(2)18-8)19-11-5-3-10(15)4-6-11/h3-7H,1-2H3,(H3,16,17). The second kappa shape index (κ2) is 5.40. The van der Waals surface area contributed by atoms with Crippen molar-refractivity contribution in [2.24, 2.45) is 5.73 Å². The highest BCUT2D eigenvalue weighted by Gasteiger charge is 2.13. The number of halogens is 1. The number of benzene rings is 1. The van der Waals surface area contributed by atoms with Crippen LogP contribution in [0.5, 0.6) is 11.5 Å². The maximum absolute atomic E-state index is 7.64. The summed E-state index contributed by atoms with van der Waals surface area (Å²) in [6, 6.07) is 9.26. The van der Waals surface area contributed by atoms with Crippen LogP contribution in [0.2, 0.25) is 0 Å². The minimum absolute atomic E-state index is 0.0443. The van der Waals surface area contributed by atoms with Crippen LogP contribution in [-0.2, 0) is 0 Å². The fourth-order valence-electron chi connectivity index (χ4n) is 1.83. The van der Waals surface area contributed by atoms with Gasteiger partial charge in [0.15, 0.2) is 0 Å². The molecule has 0 radical (unpaired) electrons. The zero-order valence-corrected chi connectivity index (χ0v) is 12.3. The Morgan fingerprint density at radius 3 is 2.47 bits per heavy atom. The Morgan fingerprint density at radius 2 is 1.89 bits per heavy atom. The third kappa shape index (κ3) is 3.12. The lowest BCUT2D eigenvalue weighted by Gasteiger charge is -2.13.